The number of methoxy groups -OCH3 is 1. The number of nitrogens with zero attached hydrogens (tertiary/aromatic N) is 2. The second-order valence-electron chi connectivity index (χ2n) is 4.36. The fraction of sp³-hybridized carbons (Fsp3) is 0.667. The van der Waals surface area contributed by atoms with Crippen LogP contribution in [0.2, 0.25) is 0 Å². The third-order valence-corrected chi connectivity index (χ3v) is 2.99. The number of nitrogen functional groups attached to an aromatic ring is 1. The molecule has 0 unspecified atom stereocenters. The number of nitrogens with two attached hydrogens (primary N) is 1. The largest absolute Gasteiger partial charge is 0.481 e. The zero-order chi connectivity index (χ0) is 12.8. The fourth-order valence-corrected chi connectivity index (χ4v) is 2.10. The lowest BCUT2D eigenvalue weighted by Crippen LogP contribution is -2.16. The van der Waals surface area contributed by atoms with Crippen molar-refractivity contribution in [2.75, 3.05) is 31.3 Å². The van der Waals surface area contributed by atoms with Gasteiger partial charge in [0, 0.05) is 12.6 Å². The molecule has 0 aromatic carbocycles. The van der Waals surface area contributed by atoms with E-state index in [-0.39, 0.29) is 5.95 Å². The van der Waals surface area contributed by atoms with Crippen LogP contribution in [0.25, 0.3) is 0 Å². The number of anilines is 2. The van der Waals surface area contributed by atoms with Gasteiger partial charge >= 0.3 is 0 Å². The molecule has 1 aliphatic carbocycles. The van der Waals surface area contributed by atoms with E-state index in [4.69, 9.17) is 15.2 Å². The third kappa shape index (κ3) is 3.73. The number of ether oxygens (including phenoxy) is 2. The maximum Gasteiger partial charge on any atom is 0.225 e. The van der Waals surface area contributed by atoms with Crippen LogP contribution in [0.1, 0.15) is 25.7 Å². The molecule has 0 bridgehead atoms. The monoisotopic (exact) mass is 252 g/mol. The van der Waals surface area contributed by atoms with Gasteiger partial charge in [-0.15, -0.1) is 0 Å². The first-order valence-corrected chi connectivity index (χ1v) is 6.32. The summed E-state index contributed by atoms with van der Waals surface area (Å²) in [6.07, 6.45) is 5.40. The summed E-state index contributed by atoms with van der Waals surface area (Å²) in [6, 6.07) is 1.71. The molecule has 100 valence electrons. The Morgan fingerprint density at radius 3 is 2.89 bits per heavy atom. The maximum atomic E-state index is 5.74. The highest BCUT2D eigenvalue weighted by atomic mass is 16.5. The highest BCUT2D eigenvalue weighted by Gasteiger charge is 2.14. The molecule has 0 amide bonds. The molecule has 1 aromatic heterocycles. The first kappa shape index (κ1) is 12.9. The van der Waals surface area contributed by atoms with Crippen molar-refractivity contribution >= 4 is 11.8 Å². The molecule has 18 heavy (non-hydrogen) atoms. The summed E-state index contributed by atoms with van der Waals surface area (Å²) < 4.78 is 10.8. The van der Waals surface area contributed by atoms with Crippen molar-refractivity contribution in [3.8, 4) is 5.88 Å². The van der Waals surface area contributed by atoms with Gasteiger partial charge in [0.15, 0.2) is 0 Å². The Hall–Kier alpha value is -1.56. The van der Waals surface area contributed by atoms with Crippen molar-refractivity contribution in [2.45, 2.75) is 31.8 Å². The molecule has 1 fully saturated rings. The van der Waals surface area contributed by atoms with Crippen molar-refractivity contribution in [1.29, 1.82) is 0 Å². The highest BCUT2D eigenvalue weighted by molar-refractivity contribution is 5.42. The zero-order valence-electron chi connectivity index (χ0n) is 10.7. The Labute approximate surface area is 107 Å². The van der Waals surface area contributed by atoms with Crippen LogP contribution in [-0.4, -0.2) is 36.3 Å². The average molecular weight is 252 g/mol. The van der Waals surface area contributed by atoms with Gasteiger partial charge in [-0.25, -0.2) is 0 Å². The summed E-state index contributed by atoms with van der Waals surface area (Å²) in [5.74, 6) is 1.32. The molecule has 3 N–H and O–H groups in total. The zero-order valence-corrected chi connectivity index (χ0v) is 10.7. The van der Waals surface area contributed by atoms with E-state index in [1.165, 1.54) is 25.7 Å². The van der Waals surface area contributed by atoms with Crippen LogP contribution in [0.15, 0.2) is 6.07 Å². The van der Waals surface area contributed by atoms with E-state index in [0.717, 1.165) is 0 Å². The van der Waals surface area contributed by atoms with Crippen LogP contribution in [0.4, 0.5) is 11.8 Å². The van der Waals surface area contributed by atoms with Gasteiger partial charge < -0.3 is 20.5 Å². The van der Waals surface area contributed by atoms with Gasteiger partial charge in [0.1, 0.15) is 5.82 Å². The van der Waals surface area contributed by atoms with E-state index in [0.29, 0.717) is 31.0 Å². The van der Waals surface area contributed by atoms with Crippen LogP contribution in [0, 0.1) is 0 Å². The lowest BCUT2D eigenvalue weighted by atomic mass is 10.3. The maximum absolute atomic E-state index is 5.74. The molecule has 0 radical (unpaired) electrons. The SMILES string of the molecule is COc1cc(NCCOC2CCCC2)nc(N)n1. The first-order chi connectivity index (χ1) is 8.78. The van der Waals surface area contributed by atoms with E-state index >= 15 is 0 Å². The van der Waals surface area contributed by atoms with Gasteiger partial charge in [-0.05, 0) is 12.8 Å². The summed E-state index contributed by atoms with van der Waals surface area (Å²) in [5, 5.41) is 3.15. The van der Waals surface area contributed by atoms with Gasteiger partial charge in [-0.3, -0.25) is 0 Å². The average Bonchev–Trinajstić information content (AvgIpc) is 2.87. The van der Waals surface area contributed by atoms with Gasteiger partial charge in [-0.1, -0.05) is 12.8 Å². The van der Waals surface area contributed by atoms with Gasteiger partial charge in [0.2, 0.25) is 11.8 Å². The molecule has 6 nitrogen and oxygen atoms in total. The lowest BCUT2D eigenvalue weighted by molar-refractivity contribution is 0.0658. The number of hydrogen-bond donors (Lipinski definition) is 2. The molecule has 0 saturated heterocycles. The second kappa shape index (κ2) is 6.39. The van der Waals surface area contributed by atoms with E-state index in [1.807, 2.05) is 0 Å². The van der Waals surface area contributed by atoms with Crippen molar-refractivity contribution in [2.24, 2.45) is 0 Å². The normalized spacial score (nSPS) is 15.8. The first-order valence-electron chi connectivity index (χ1n) is 6.32. The van der Waals surface area contributed by atoms with Crippen LogP contribution >= 0.6 is 0 Å². The number of hydrogen-bond acceptors (Lipinski definition) is 6. The minimum atomic E-state index is 0.202. The summed E-state index contributed by atoms with van der Waals surface area (Å²) in [5.41, 5.74) is 5.57. The molecule has 0 atom stereocenters. The summed E-state index contributed by atoms with van der Waals surface area (Å²) in [6.45, 7) is 1.38. The predicted octanol–water partition coefficient (Wildman–Crippen LogP) is 1.44. The minimum Gasteiger partial charge on any atom is -0.481 e. The molecule has 1 saturated carbocycles. The van der Waals surface area contributed by atoms with Crippen molar-refractivity contribution in [3.63, 3.8) is 0 Å². The number of rotatable bonds is 6. The number of aromatic nitrogens is 2. The minimum absolute atomic E-state index is 0.202. The van der Waals surface area contributed by atoms with E-state index in [9.17, 15) is 0 Å². The Morgan fingerprint density at radius 1 is 1.39 bits per heavy atom. The van der Waals surface area contributed by atoms with Crippen LogP contribution in [-0.2, 0) is 4.74 Å². The standard InChI is InChI=1S/C12H20N4O2/c1-17-11-8-10(15-12(13)16-11)14-6-7-18-9-4-2-3-5-9/h8-9H,2-7H2,1H3,(H3,13,14,15,16). The molecule has 6 heteroatoms. The Bertz CT molecular complexity index is 380. The Morgan fingerprint density at radius 2 is 2.17 bits per heavy atom. The number of nitrogens with one attached hydrogen (secondary N) is 1. The van der Waals surface area contributed by atoms with Gasteiger partial charge in [0.05, 0.1) is 19.8 Å². The molecular formula is C12H20N4O2. The van der Waals surface area contributed by atoms with E-state index < -0.39 is 0 Å². The topological polar surface area (TPSA) is 82.3 Å². The van der Waals surface area contributed by atoms with E-state index in [1.54, 1.807) is 13.2 Å². The van der Waals surface area contributed by atoms with Gasteiger partial charge in [0.25, 0.3) is 0 Å². The molecule has 1 aliphatic rings. The van der Waals surface area contributed by atoms with Crippen molar-refractivity contribution < 1.29 is 9.47 Å². The highest BCUT2D eigenvalue weighted by Crippen LogP contribution is 2.20. The fourth-order valence-electron chi connectivity index (χ4n) is 2.10. The van der Waals surface area contributed by atoms with Crippen LogP contribution in [0.3, 0.4) is 0 Å². The van der Waals surface area contributed by atoms with Crippen LogP contribution in [0.5, 0.6) is 5.88 Å². The molecule has 0 spiro atoms. The van der Waals surface area contributed by atoms with Crippen molar-refractivity contribution in [3.05, 3.63) is 6.07 Å². The summed E-state index contributed by atoms with van der Waals surface area (Å²) in [7, 11) is 1.55. The smallest absolute Gasteiger partial charge is 0.225 e. The molecule has 1 aromatic rings. The lowest BCUT2D eigenvalue weighted by Gasteiger charge is -2.12. The quantitative estimate of drug-likeness (QED) is 0.745. The summed E-state index contributed by atoms with van der Waals surface area (Å²) in [4.78, 5) is 7.99. The third-order valence-electron chi connectivity index (χ3n) is 2.99. The summed E-state index contributed by atoms with van der Waals surface area (Å²) >= 11 is 0. The molecule has 0 aliphatic heterocycles. The van der Waals surface area contributed by atoms with E-state index in [2.05, 4.69) is 15.3 Å². The van der Waals surface area contributed by atoms with Gasteiger partial charge in [-0.2, -0.15) is 9.97 Å². The van der Waals surface area contributed by atoms with Crippen molar-refractivity contribution in [1.82, 2.24) is 9.97 Å². The predicted molar refractivity (Wildman–Crippen MR) is 69.7 cm³/mol. The Kier molecular flexibility index (Phi) is 4.58. The van der Waals surface area contributed by atoms with Crippen LogP contribution < -0.4 is 15.8 Å². The molecule has 2 rings (SSSR count). The molecular weight excluding hydrogens is 232 g/mol. The Balaban J connectivity index is 1.73. The molecule has 1 heterocycles. The second-order valence-corrected chi connectivity index (χ2v) is 4.36.